The number of nitriles is 1. The van der Waals surface area contributed by atoms with Gasteiger partial charge in [0.2, 0.25) is 0 Å². The fourth-order valence-corrected chi connectivity index (χ4v) is 4.31. The molecule has 152 valence electrons. The Hall–Kier alpha value is -2.17. The van der Waals surface area contributed by atoms with Gasteiger partial charge in [-0.05, 0) is 51.8 Å². The van der Waals surface area contributed by atoms with Gasteiger partial charge in [0.1, 0.15) is 17.5 Å². The van der Waals surface area contributed by atoms with Crippen LogP contribution in [-0.2, 0) is 10.3 Å². The number of benzene rings is 1. The molecule has 2 saturated heterocycles. The van der Waals surface area contributed by atoms with Crippen molar-refractivity contribution in [2.24, 2.45) is 0 Å². The monoisotopic (exact) mass is 388 g/mol. The SMILES string of the molecule is Cc1c(C2(C)CN3CCNCC3CN2C(=O)OC(C)(C)C)ccc(F)c1C#N. The Morgan fingerprint density at radius 3 is 2.79 bits per heavy atom. The van der Waals surface area contributed by atoms with E-state index >= 15 is 0 Å². The predicted molar refractivity (Wildman–Crippen MR) is 104 cm³/mol. The van der Waals surface area contributed by atoms with E-state index in [9.17, 15) is 14.4 Å². The third kappa shape index (κ3) is 3.71. The first-order valence-corrected chi connectivity index (χ1v) is 9.72. The molecule has 0 saturated carbocycles. The van der Waals surface area contributed by atoms with E-state index in [0.29, 0.717) is 18.7 Å². The molecule has 0 aliphatic carbocycles. The summed E-state index contributed by atoms with van der Waals surface area (Å²) in [5, 5.41) is 12.8. The lowest BCUT2D eigenvalue weighted by molar-refractivity contribution is -0.0544. The summed E-state index contributed by atoms with van der Waals surface area (Å²) < 4.78 is 19.8. The van der Waals surface area contributed by atoms with Crippen molar-refractivity contribution in [1.29, 1.82) is 5.26 Å². The fraction of sp³-hybridized carbons (Fsp3) is 0.619. The number of hydrogen-bond acceptors (Lipinski definition) is 5. The Labute approximate surface area is 166 Å². The highest BCUT2D eigenvalue weighted by molar-refractivity contribution is 5.70. The highest BCUT2D eigenvalue weighted by atomic mass is 19.1. The van der Waals surface area contributed by atoms with E-state index in [0.717, 1.165) is 25.2 Å². The summed E-state index contributed by atoms with van der Waals surface area (Å²) in [6, 6.07) is 5.19. The largest absolute Gasteiger partial charge is 0.444 e. The van der Waals surface area contributed by atoms with Gasteiger partial charge in [0.05, 0.1) is 11.1 Å². The van der Waals surface area contributed by atoms with Gasteiger partial charge >= 0.3 is 6.09 Å². The molecule has 0 bridgehead atoms. The van der Waals surface area contributed by atoms with Crippen LogP contribution in [0.3, 0.4) is 0 Å². The summed E-state index contributed by atoms with van der Waals surface area (Å²) in [7, 11) is 0. The number of halogens is 1. The highest BCUT2D eigenvalue weighted by Crippen LogP contribution is 2.38. The molecule has 2 atom stereocenters. The summed E-state index contributed by atoms with van der Waals surface area (Å²) >= 11 is 0. The van der Waals surface area contributed by atoms with Gasteiger partial charge in [-0.25, -0.2) is 9.18 Å². The molecular formula is C21H29FN4O2. The number of ether oxygens (including phenoxy) is 1. The van der Waals surface area contributed by atoms with Gasteiger partial charge in [-0.3, -0.25) is 9.80 Å². The molecule has 7 heteroatoms. The van der Waals surface area contributed by atoms with Crippen molar-refractivity contribution in [1.82, 2.24) is 15.1 Å². The summed E-state index contributed by atoms with van der Waals surface area (Å²) in [5.74, 6) is -0.535. The van der Waals surface area contributed by atoms with Crippen LogP contribution >= 0.6 is 0 Å². The zero-order chi connectivity index (χ0) is 20.7. The topological polar surface area (TPSA) is 68.6 Å². The molecule has 2 aliphatic heterocycles. The molecule has 1 aromatic rings. The number of amides is 1. The van der Waals surface area contributed by atoms with Gasteiger partial charge in [0.15, 0.2) is 0 Å². The Morgan fingerprint density at radius 1 is 1.43 bits per heavy atom. The van der Waals surface area contributed by atoms with Gasteiger partial charge in [0.25, 0.3) is 0 Å². The van der Waals surface area contributed by atoms with E-state index < -0.39 is 17.0 Å². The van der Waals surface area contributed by atoms with E-state index in [2.05, 4.69) is 10.2 Å². The minimum absolute atomic E-state index is 0.0327. The number of carbonyl (C=O) groups is 1. The zero-order valence-electron chi connectivity index (χ0n) is 17.3. The molecule has 0 spiro atoms. The molecule has 28 heavy (non-hydrogen) atoms. The van der Waals surface area contributed by atoms with Crippen molar-refractivity contribution in [3.8, 4) is 6.07 Å². The van der Waals surface area contributed by atoms with Crippen molar-refractivity contribution in [3.05, 3.63) is 34.6 Å². The van der Waals surface area contributed by atoms with Gasteiger partial charge in [-0.1, -0.05) is 6.07 Å². The minimum Gasteiger partial charge on any atom is -0.444 e. The van der Waals surface area contributed by atoms with Crippen LogP contribution in [0.4, 0.5) is 9.18 Å². The first-order chi connectivity index (χ1) is 13.1. The van der Waals surface area contributed by atoms with E-state index in [1.807, 2.05) is 33.8 Å². The minimum atomic E-state index is -0.723. The molecule has 6 nitrogen and oxygen atoms in total. The molecule has 1 aromatic carbocycles. The second-order valence-electron chi connectivity index (χ2n) is 8.90. The lowest BCUT2D eigenvalue weighted by Crippen LogP contribution is -2.69. The maximum absolute atomic E-state index is 14.1. The molecule has 2 heterocycles. The quantitative estimate of drug-likeness (QED) is 0.801. The van der Waals surface area contributed by atoms with Gasteiger partial charge in [0, 0.05) is 38.8 Å². The molecular weight excluding hydrogens is 359 g/mol. The van der Waals surface area contributed by atoms with Gasteiger partial charge in [-0.15, -0.1) is 0 Å². The lowest BCUT2D eigenvalue weighted by Gasteiger charge is -2.54. The number of carbonyl (C=O) groups excluding carboxylic acids is 1. The maximum Gasteiger partial charge on any atom is 0.411 e. The Morgan fingerprint density at radius 2 is 2.14 bits per heavy atom. The number of nitrogens with one attached hydrogen (secondary N) is 1. The van der Waals surface area contributed by atoms with E-state index in [1.54, 1.807) is 17.9 Å². The molecule has 2 fully saturated rings. The first-order valence-electron chi connectivity index (χ1n) is 9.72. The normalized spacial score (nSPS) is 25.8. The average Bonchev–Trinajstić information content (AvgIpc) is 2.59. The van der Waals surface area contributed by atoms with Crippen LogP contribution in [0.25, 0.3) is 0 Å². The molecule has 3 rings (SSSR count). The van der Waals surface area contributed by atoms with Crippen LogP contribution in [-0.4, -0.2) is 60.3 Å². The Kier molecular flexibility index (Phi) is 5.39. The molecule has 2 aliphatic rings. The maximum atomic E-state index is 14.1. The third-order valence-corrected chi connectivity index (χ3v) is 5.69. The van der Waals surface area contributed by atoms with Crippen LogP contribution in [0.1, 0.15) is 44.4 Å². The molecule has 1 amide bonds. The molecule has 2 unspecified atom stereocenters. The number of fused-ring (bicyclic) bond motifs is 1. The Balaban J connectivity index is 2.07. The van der Waals surface area contributed by atoms with Crippen molar-refractivity contribution in [3.63, 3.8) is 0 Å². The van der Waals surface area contributed by atoms with Crippen LogP contribution in [0.2, 0.25) is 0 Å². The fourth-order valence-electron chi connectivity index (χ4n) is 4.31. The second kappa shape index (κ2) is 7.34. The molecule has 1 N–H and O–H groups in total. The molecule has 0 radical (unpaired) electrons. The van der Waals surface area contributed by atoms with Crippen LogP contribution in [0.15, 0.2) is 12.1 Å². The van der Waals surface area contributed by atoms with Crippen molar-refractivity contribution in [2.45, 2.75) is 51.8 Å². The number of hydrogen-bond donors (Lipinski definition) is 1. The van der Waals surface area contributed by atoms with E-state index in [1.165, 1.54) is 6.07 Å². The van der Waals surface area contributed by atoms with Crippen LogP contribution < -0.4 is 5.32 Å². The van der Waals surface area contributed by atoms with E-state index in [4.69, 9.17) is 4.74 Å². The first kappa shape index (κ1) is 20.6. The second-order valence-corrected chi connectivity index (χ2v) is 8.90. The van der Waals surface area contributed by atoms with E-state index in [-0.39, 0.29) is 17.7 Å². The smallest absolute Gasteiger partial charge is 0.411 e. The summed E-state index contributed by atoms with van der Waals surface area (Å²) in [6.07, 6.45) is -0.387. The average molecular weight is 388 g/mol. The van der Waals surface area contributed by atoms with Crippen LogP contribution in [0.5, 0.6) is 0 Å². The van der Waals surface area contributed by atoms with Crippen LogP contribution in [0, 0.1) is 24.1 Å². The lowest BCUT2D eigenvalue weighted by atomic mass is 9.82. The summed E-state index contributed by atoms with van der Waals surface area (Å²) in [5.41, 5.74) is 0.0561. The van der Waals surface area contributed by atoms with Crippen molar-refractivity contribution >= 4 is 6.09 Å². The number of nitrogens with zero attached hydrogens (tertiary/aromatic N) is 3. The standard InChI is InChI=1S/C21H29FN4O2/c1-14-16(10-23)18(22)7-6-17(14)21(5)13-25-9-8-24-11-15(25)12-26(21)19(27)28-20(2,3)4/h6-7,15,24H,8-9,11-13H2,1-5H3. The molecule has 0 aromatic heterocycles. The van der Waals surface area contributed by atoms with Crippen molar-refractivity contribution in [2.75, 3.05) is 32.7 Å². The third-order valence-electron chi connectivity index (χ3n) is 5.69. The summed E-state index contributed by atoms with van der Waals surface area (Å²) in [6.45, 7) is 13.0. The number of piperazine rings is 2. The van der Waals surface area contributed by atoms with Crippen molar-refractivity contribution < 1.29 is 13.9 Å². The summed E-state index contributed by atoms with van der Waals surface area (Å²) in [4.78, 5) is 17.3. The highest BCUT2D eigenvalue weighted by Gasteiger charge is 2.48. The Bertz CT molecular complexity index is 814. The van der Waals surface area contributed by atoms with Gasteiger partial charge < -0.3 is 10.1 Å². The number of rotatable bonds is 1. The predicted octanol–water partition coefficient (Wildman–Crippen LogP) is 2.75. The zero-order valence-corrected chi connectivity index (χ0v) is 17.3. The van der Waals surface area contributed by atoms with Gasteiger partial charge in [-0.2, -0.15) is 5.26 Å².